The van der Waals surface area contributed by atoms with Gasteiger partial charge in [0, 0.05) is 6.42 Å². The van der Waals surface area contributed by atoms with Crippen LogP contribution in [0.25, 0.3) is 0 Å². The van der Waals surface area contributed by atoms with Gasteiger partial charge in [-0.05, 0) is 23.9 Å². The van der Waals surface area contributed by atoms with E-state index in [0.29, 0.717) is 12.4 Å². The quantitative estimate of drug-likeness (QED) is 0.754. The van der Waals surface area contributed by atoms with Crippen LogP contribution in [0.1, 0.15) is 33.1 Å². The predicted molar refractivity (Wildman–Crippen MR) is 67.4 cm³/mol. The number of rotatable bonds is 5. The number of aromatic nitrogens is 4. The zero-order valence-corrected chi connectivity index (χ0v) is 10.8. The van der Waals surface area contributed by atoms with Gasteiger partial charge in [0.05, 0.1) is 6.54 Å². The van der Waals surface area contributed by atoms with Crippen LogP contribution in [0.5, 0.6) is 0 Å². The van der Waals surface area contributed by atoms with Gasteiger partial charge in [-0.25, -0.2) is 0 Å². The van der Waals surface area contributed by atoms with Crippen molar-refractivity contribution >= 4 is 29.2 Å². The van der Waals surface area contributed by atoms with Crippen LogP contribution >= 0.6 is 12.2 Å². The minimum absolute atomic E-state index is 0.152. The lowest BCUT2D eigenvalue weighted by molar-refractivity contribution is -0.119. The number of aryl methyl sites for hydroxylation is 1. The fraction of sp³-hybridized carbons (Fsp3) is 0.667. The second-order valence-electron chi connectivity index (χ2n) is 3.42. The molecule has 8 heteroatoms. The maximum Gasteiger partial charge on any atom is 0.269 e. The largest absolute Gasteiger partial charge is 0.303 e. The number of nitrogens with zero attached hydrogens (tertiary/aromatic N) is 4. The van der Waals surface area contributed by atoms with E-state index in [-0.39, 0.29) is 11.0 Å². The van der Waals surface area contributed by atoms with E-state index < -0.39 is 0 Å². The van der Waals surface area contributed by atoms with E-state index in [1.165, 1.54) is 4.80 Å². The highest BCUT2D eigenvalue weighted by atomic mass is 32.1. The third kappa shape index (κ3) is 4.85. The molecule has 7 nitrogen and oxygen atoms in total. The summed E-state index contributed by atoms with van der Waals surface area (Å²) in [5.41, 5.74) is 0. The van der Waals surface area contributed by atoms with Crippen LogP contribution in [0.2, 0.25) is 0 Å². The Morgan fingerprint density at radius 2 is 2.24 bits per heavy atom. The predicted octanol–water partition coefficient (Wildman–Crippen LogP) is 0.696. The zero-order valence-electron chi connectivity index (χ0n) is 9.93. The molecule has 0 spiro atoms. The summed E-state index contributed by atoms with van der Waals surface area (Å²) in [4.78, 5) is 12.6. The van der Waals surface area contributed by atoms with Crippen molar-refractivity contribution in [3.05, 3.63) is 0 Å². The molecule has 1 aromatic rings. The second kappa shape index (κ2) is 6.89. The molecule has 17 heavy (non-hydrogen) atoms. The topological polar surface area (TPSA) is 84.7 Å². The molecule has 0 aromatic carbocycles. The van der Waals surface area contributed by atoms with Crippen LogP contribution in [0.4, 0.5) is 5.95 Å². The fourth-order valence-corrected chi connectivity index (χ4v) is 1.24. The second-order valence-corrected chi connectivity index (χ2v) is 3.83. The number of amides is 1. The number of nitrogens with one attached hydrogen (secondary N) is 2. The molecule has 94 valence electrons. The van der Waals surface area contributed by atoms with E-state index in [2.05, 4.69) is 33.0 Å². The highest BCUT2D eigenvalue weighted by molar-refractivity contribution is 7.80. The number of thiocarbonyl (C=S) groups is 1. The Hall–Kier alpha value is -1.57. The Kier molecular flexibility index (Phi) is 5.47. The summed E-state index contributed by atoms with van der Waals surface area (Å²) in [6, 6.07) is 0. The van der Waals surface area contributed by atoms with Crippen molar-refractivity contribution in [1.29, 1.82) is 0 Å². The van der Waals surface area contributed by atoms with Gasteiger partial charge in [0.1, 0.15) is 0 Å². The number of carbonyl (C=O) groups is 1. The molecule has 1 aromatic heterocycles. The first kappa shape index (κ1) is 13.5. The van der Waals surface area contributed by atoms with Crippen molar-refractivity contribution in [2.24, 2.45) is 0 Å². The lowest BCUT2D eigenvalue weighted by Crippen LogP contribution is -2.33. The summed E-state index contributed by atoms with van der Waals surface area (Å²) in [6.45, 7) is 4.56. The van der Waals surface area contributed by atoms with Crippen LogP contribution in [0.15, 0.2) is 0 Å². The van der Waals surface area contributed by atoms with Crippen molar-refractivity contribution in [3.8, 4) is 0 Å². The summed E-state index contributed by atoms with van der Waals surface area (Å²) in [7, 11) is 0. The molecular formula is C9H16N6OS. The average Bonchev–Trinajstić information content (AvgIpc) is 2.73. The molecule has 1 amide bonds. The van der Waals surface area contributed by atoms with Gasteiger partial charge in [0.25, 0.3) is 5.95 Å². The standard InChI is InChI=1S/C9H16N6OS/c1-3-5-6-15-13-8(12-14-15)11-9(17)10-7(16)4-2/h3-6H2,1-2H3,(H2,10,11,13,16,17). The van der Waals surface area contributed by atoms with Crippen molar-refractivity contribution in [2.75, 3.05) is 5.32 Å². The number of hydrogen-bond acceptors (Lipinski definition) is 5. The van der Waals surface area contributed by atoms with E-state index in [1.54, 1.807) is 6.92 Å². The Labute approximate surface area is 105 Å². The number of unbranched alkanes of at least 4 members (excludes halogenated alkanes) is 1. The van der Waals surface area contributed by atoms with Crippen molar-refractivity contribution in [1.82, 2.24) is 25.5 Å². The molecule has 0 aliphatic carbocycles. The SMILES string of the molecule is CCCCn1nnc(NC(=S)NC(=O)CC)n1. The van der Waals surface area contributed by atoms with Crippen LogP contribution in [-0.2, 0) is 11.3 Å². The van der Waals surface area contributed by atoms with Gasteiger partial charge in [-0.2, -0.15) is 4.80 Å². The number of carbonyl (C=O) groups excluding carboxylic acids is 1. The molecule has 2 N–H and O–H groups in total. The fourth-order valence-electron chi connectivity index (χ4n) is 1.04. The van der Waals surface area contributed by atoms with E-state index in [1.807, 2.05) is 0 Å². The van der Waals surface area contributed by atoms with Gasteiger partial charge < -0.3 is 5.32 Å². The van der Waals surface area contributed by atoms with E-state index >= 15 is 0 Å². The molecule has 0 aliphatic rings. The van der Waals surface area contributed by atoms with Gasteiger partial charge in [0.15, 0.2) is 5.11 Å². The highest BCUT2D eigenvalue weighted by Crippen LogP contribution is 1.96. The van der Waals surface area contributed by atoms with Gasteiger partial charge in [-0.3, -0.25) is 10.1 Å². The van der Waals surface area contributed by atoms with Crippen molar-refractivity contribution < 1.29 is 4.79 Å². The molecule has 0 radical (unpaired) electrons. The molecule has 0 bridgehead atoms. The lowest BCUT2D eigenvalue weighted by atomic mass is 10.3. The molecule has 0 fully saturated rings. The van der Waals surface area contributed by atoms with Gasteiger partial charge >= 0.3 is 0 Å². The first-order valence-corrected chi connectivity index (χ1v) is 5.95. The normalized spacial score (nSPS) is 10.0. The van der Waals surface area contributed by atoms with Gasteiger partial charge in [-0.15, -0.1) is 5.10 Å². The van der Waals surface area contributed by atoms with Crippen LogP contribution in [0, 0.1) is 0 Å². The molecular weight excluding hydrogens is 240 g/mol. The van der Waals surface area contributed by atoms with Crippen molar-refractivity contribution in [3.63, 3.8) is 0 Å². The summed E-state index contributed by atoms with van der Waals surface area (Å²) in [5.74, 6) is 0.142. The minimum atomic E-state index is -0.152. The Bertz CT molecular complexity index is 391. The summed E-state index contributed by atoms with van der Waals surface area (Å²) < 4.78 is 0. The maximum atomic E-state index is 11.1. The third-order valence-corrected chi connectivity index (χ3v) is 2.17. The summed E-state index contributed by atoms with van der Waals surface area (Å²) in [5, 5.41) is 17.1. The Balaban J connectivity index is 2.43. The number of anilines is 1. The first-order chi connectivity index (χ1) is 8.15. The van der Waals surface area contributed by atoms with Crippen LogP contribution in [-0.4, -0.2) is 31.2 Å². The Morgan fingerprint density at radius 3 is 2.88 bits per heavy atom. The third-order valence-electron chi connectivity index (χ3n) is 1.96. The van der Waals surface area contributed by atoms with Crippen LogP contribution in [0.3, 0.4) is 0 Å². The Morgan fingerprint density at radius 1 is 1.47 bits per heavy atom. The number of hydrogen-bond donors (Lipinski definition) is 2. The van der Waals surface area contributed by atoms with Crippen molar-refractivity contribution in [2.45, 2.75) is 39.7 Å². The monoisotopic (exact) mass is 256 g/mol. The molecule has 0 saturated carbocycles. The molecule has 0 saturated heterocycles. The van der Waals surface area contributed by atoms with E-state index in [9.17, 15) is 4.79 Å². The molecule has 0 atom stereocenters. The smallest absolute Gasteiger partial charge is 0.269 e. The maximum absolute atomic E-state index is 11.1. The molecule has 1 rings (SSSR count). The number of tetrazole rings is 1. The molecule has 1 heterocycles. The summed E-state index contributed by atoms with van der Waals surface area (Å²) >= 11 is 4.92. The van der Waals surface area contributed by atoms with Gasteiger partial charge in [-0.1, -0.05) is 25.4 Å². The highest BCUT2D eigenvalue weighted by Gasteiger charge is 2.06. The van der Waals surface area contributed by atoms with Crippen LogP contribution < -0.4 is 10.6 Å². The first-order valence-electron chi connectivity index (χ1n) is 5.54. The van der Waals surface area contributed by atoms with E-state index in [0.717, 1.165) is 19.4 Å². The van der Waals surface area contributed by atoms with E-state index in [4.69, 9.17) is 12.2 Å². The lowest BCUT2D eigenvalue weighted by Gasteiger charge is -2.03. The molecule has 0 aliphatic heterocycles. The van der Waals surface area contributed by atoms with Gasteiger partial charge in [0.2, 0.25) is 5.91 Å². The average molecular weight is 256 g/mol. The molecule has 0 unspecified atom stereocenters. The minimum Gasteiger partial charge on any atom is -0.303 e. The zero-order chi connectivity index (χ0) is 12.7. The summed E-state index contributed by atoms with van der Waals surface area (Å²) in [6.07, 6.45) is 2.43.